The number of nitro benzene ring substituents is 1. The molecule has 0 aliphatic carbocycles. The van der Waals surface area contributed by atoms with Gasteiger partial charge in [-0.05, 0) is 59.9 Å². The van der Waals surface area contributed by atoms with Gasteiger partial charge in [-0.25, -0.2) is 17.8 Å². The predicted molar refractivity (Wildman–Crippen MR) is 130 cm³/mol. The molecule has 192 valence electrons. The zero-order valence-electron chi connectivity index (χ0n) is 21.0. The molecular formula is C23H33N5O6S. The molecule has 0 saturated carbocycles. The maximum Gasteiger partial charge on any atom is 0.274 e. The molecule has 12 heteroatoms. The number of carbonyl (C=O) groups is 1. The Morgan fingerprint density at radius 2 is 1.91 bits per heavy atom. The van der Waals surface area contributed by atoms with Crippen molar-refractivity contribution in [3.8, 4) is 11.6 Å². The minimum Gasteiger partial charge on any atom is -0.438 e. The van der Waals surface area contributed by atoms with E-state index in [2.05, 4.69) is 9.82 Å². The fourth-order valence-electron chi connectivity index (χ4n) is 3.75. The summed E-state index contributed by atoms with van der Waals surface area (Å²) < 4.78 is 36.5. The van der Waals surface area contributed by atoms with E-state index in [-0.39, 0.29) is 33.8 Å². The Labute approximate surface area is 205 Å². The summed E-state index contributed by atoms with van der Waals surface area (Å²) >= 11 is 0. The van der Waals surface area contributed by atoms with E-state index in [1.807, 2.05) is 27.7 Å². The van der Waals surface area contributed by atoms with Gasteiger partial charge in [0.25, 0.3) is 11.6 Å². The number of nitrogens with one attached hydrogen (secondary N) is 1. The summed E-state index contributed by atoms with van der Waals surface area (Å²) in [5, 5.41) is 15.9. The Bertz CT molecular complexity index is 1230. The van der Waals surface area contributed by atoms with E-state index in [1.54, 1.807) is 23.4 Å². The van der Waals surface area contributed by atoms with Crippen molar-refractivity contribution in [2.45, 2.75) is 77.3 Å². The number of non-ortho nitro benzene ring substituents is 1. The van der Waals surface area contributed by atoms with Crippen LogP contribution in [0.4, 0.5) is 5.69 Å². The predicted octanol–water partition coefficient (Wildman–Crippen LogP) is 3.96. The lowest BCUT2D eigenvalue weighted by molar-refractivity contribution is -0.385. The van der Waals surface area contributed by atoms with Crippen molar-refractivity contribution in [2.24, 2.45) is 0 Å². The molecule has 2 aromatic rings. The standard InChI is InChI=1S/C23H33N5O6S/c1-7-15(2)25-35(32,33)19-14-17(28(30)31)10-11-18(19)34-22-16(3)20(24-27(22)23(4,5)6)21(29)26-12-8-9-13-26/h10-11,14-15,25H,7-9,12-13H2,1-6H3/t15-/m0/s1. The molecule has 1 aliphatic heterocycles. The van der Waals surface area contributed by atoms with Crippen LogP contribution in [0.5, 0.6) is 11.6 Å². The molecule has 1 atom stereocenters. The van der Waals surface area contributed by atoms with Gasteiger partial charge in [-0.2, -0.15) is 5.10 Å². The van der Waals surface area contributed by atoms with Crippen molar-refractivity contribution in [1.82, 2.24) is 19.4 Å². The number of rotatable bonds is 8. The molecule has 0 bridgehead atoms. The third-order valence-corrected chi connectivity index (χ3v) is 7.51. The number of sulfonamides is 1. The summed E-state index contributed by atoms with van der Waals surface area (Å²) in [6, 6.07) is 3.02. The number of amides is 1. The largest absolute Gasteiger partial charge is 0.438 e. The zero-order valence-corrected chi connectivity index (χ0v) is 21.8. The average Bonchev–Trinajstić information content (AvgIpc) is 3.42. The first-order valence-corrected chi connectivity index (χ1v) is 13.1. The van der Waals surface area contributed by atoms with Gasteiger partial charge in [0.15, 0.2) is 5.69 Å². The van der Waals surface area contributed by atoms with Crippen molar-refractivity contribution in [1.29, 1.82) is 0 Å². The minimum atomic E-state index is -4.15. The van der Waals surface area contributed by atoms with E-state index in [9.17, 15) is 23.3 Å². The van der Waals surface area contributed by atoms with E-state index < -0.39 is 26.5 Å². The van der Waals surface area contributed by atoms with E-state index >= 15 is 0 Å². The van der Waals surface area contributed by atoms with Crippen LogP contribution in [-0.2, 0) is 15.6 Å². The molecule has 2 heterocycles. The number of likely N-dealkylation sites (tertiary alicyclic amines) is 1. The molecule has 0 radical (unpaired) electrons. The van der Waals surface area contributed by atoms with Crippen LogP contribution in [0.2, 0.25) is 0 Å². The molecule has 1 aromatic carbocycles. The second kappa shape index (κ2) is 9.94. The smallest absolute Gasteiger partial charge is 0.274 e. The van der Waals surface area contributed by atoms with Gasteiger partial charge in [0.2, 0.25) is 15.9 Å². The van der Waals surface area contributed by atoms with Crippen LogP contribution in [0, 0.1) is 17.0 Å². The van der Waals surface area contributed by atoms with Crippen molar-refractivity contribution in [3.63, 3.8) is 0 Å². The molecule has 0 unspecified atom stereocenters. The first kappa shape index (κ1) is 26.6. The third kappa shape index (κ3) is 5.64. The number of nitrogens with zero attached hydrogens (tertiary/aromatic N) is 4. The molecule has 1 fully saturated rings. The van der Waals surface area contributed by atoms with Crippen molar-refractivity contribution in [2.75, 3.05) is 13.1 Å². The van der Waals surface area contributed by atoms with E-state index in [4.69, 9.17) is 4.74 Å². The van der Waals surface area contributed by atoms with Crippen LogP contribution in [0.25, 0.3) is 0 Å². The maximum absolute atomic E-state index is 13.1. The van der Waals surface area contributed by atoms with Crippen molar-refractivity contribution < 1.29 is 22.9 Å². The molecule has 1 amide bonds. The SMILES string of the molecule is CC[C@H](C)NS(=O)(=O)c1cc([N+](=O)[O-])ccc1Oc1c(C)c(C(=O)N2CCCC2)nn1C(C)(C)C. The van der Waals surface area contributed by atoms with Gasteiger partial charge < -0.3 is 9.64 Å². The van der Waals surface area contributed by atoms with Gasteiger partial charge in [0.1, 0.15) is 10.6 Å². The number of carbonyl (C=O) groups excluding carboxylic acids is 1. The Morgan fingerprint density at radius 1 is 1.29 bits per heavy atom. The monoisotopic (exact) mass is 507 g/mol. The fourth-order valence-corrected chi connectivity index (χ4v) is 5.22. The Morgan fingerprint density at radius 3 is 2.46 bits per heavy atom. The Kier molecular flexibility index (Phi) is 7.56. The summed E-state index contributed by atoms with van der Waals surface area (Å²) in [4.78, 5) is 25.2. The fraction of sp³-hybridized carbons (Fsp3) is 0.565. The zero-order chi connectivity index (χ0) is 26.1. The summed E-state index contributed by atoms with van der Waals surface area (Å²) in [6.07, 6.45) is 2.39. The first-order chi connectivity index (χ1) is 16.3. The third-order valence-electron chi connectivity index (χ3n) is 5.90. The normalized spacial score (nSPS) is 15.3. The van der Waals surface area contributed by atoms with Crippen LogP contribution >= 0.6 is 0 Å². The average molecular weight is 508 g/mol. The van der Waals surface area contributed by atoms with E-state index in [1.165, 1.54) is 12.1 Å². The van der Waals surface area contributed by atoms with Crippen molar-refractivity contribution >= 4 is 21.6 Å². The Hall–Kier alpha value is -2.99. The van der Waals surface area contributed by atoms with Crippen LogP contribution in [0.1, 0.15) is 69.9 Å². The van der Waals surface area contributed by atoms with Gasteiger partial charge in [-0.3, -0.25) is 14.9 Å². The van der Waals surface area contributed by atoms with Crippen molar-refractivity contribution in [3.05, 3.63) is 39.6 Å². The summed E-state index contributed by atoms with van der Waals surface area (Å²) in [5.41, 5.74) is -0.277. The quantitative estimate of drug-likeness (QED) is 0.422. The van der Waals surface area contributed by atoms with Gasteiger partial charge in [0, 0.05) is 36.8 Å². The van der Waals surface area contributed by atoms with Crippen LogP contribution in [0.15, 0.2) is 23.1 Å². The molecular weight excluding hydrogens is 474 g/mol. The molecule has 1 aliphatic rings. The second-order valence-electron chi connectivity index (χ2n) is 9.78. The van der Waals surface area contributed by atoms with Gasteiger partial charge in [-0.15, -0.1) is 0 Å². The van der Waals surface area contributed by atoms with Crippen LogP contribution in [0.3, 0.4) is 0 Å². The number of aromatic nitrogens is 2. The molecule has 0 spiro atoms. The summed E-state index contributed by atoms with van der Waals surface area (Å²) in [6.45, 7) is 12.2. The highest BCUT2D eigenvalue weighted by Crippen LogP contribution is 2.37. The van der Waals surface area contributed by atoms with E-state index in [0.29, 0.717) is 25.1 Å². The number of benzene rings is 1. The number of ether oxygens (including phenoxy) is 1. The number of nitro groups is 1. The number of hydrogen-bond donors (Lipinski definition) is 1. The lowest BCUT2D eigenvalue weighted by Crippen LogP contribution is -2.32. The molecule has 3 rings (SSSR count). The highest BCUT2D eigenvalue weighted by molar-refractivity contribution is 7.89. The topological polar surface area (TPSA) is 137 Å². The molecule has 11 nitrogen and oxygen atoms in total. The lowest BCUT2D eigenvalue weighted by atomic mass is 10.1. The maximum atomic E-state index is 13.1. The molecule has 1 aromatic heterocycles. The minimum absolute atomic E-state index is 0.0972. The van der Waals surface area contributed by atoms with Gasteiger partial charge in [-0.1, -0.05) is 6.92 Å². The van der Waals surface area contributed by atoms with Gasteiger partial charge in [0.05, 0.1) is 10.5 Å². The van der Waals surface area contributed by atoms with E-state index in [0.717, 1.165) is 18.9 Å². The first-order valence-electron chi connectivity index (χ1n) is 11.6. The highest BCUT2D eigenvalue weighted by atomic mass is 32.2. The molecule has 1 N–H and O–H groups in total. The second-order valence-corrected chi connectivity index (χ2v) is 11.5. The molecule has 1 saturated heterocycles. The summed E-state index contributed by atoms with van der Waals surface area (Å²) in [5.74, 6) is -0.100. The molecule has 35 heavy (non-hydrogen) atoms. The van der Waals surface area contributed by atoms with Crippen LogP contribution in [-0.4, -0.2) is 53.1 Å². The Balaban J connectivity index is 2.14. The lowest BCUT2D eigenvalue weighted by Gasteiger charge is -2.23. The van der Waals surface area contributed by atoms with Crippen LogP contribution < -0.4 is 9.46 Å². The number of hydrogen-bond acceptors (Lipinski definition) is 7. The summed E-state index contributed by atoms with van der Waals surface area (Å²) in [7, 11) is -4.15. The highest BCUT2D eigenvalue weighted by Gasteiger charge is 2.32. The van der Waals surface area contributed by atoms with Gasteiger partial charge >= 0.3 is 0 Å².